The van der Waals surface area contributed by atoms with E-state index in [0.29, 0.717) is 23.9 Å². The number of anilines is 1. The van der Waals surface area contributed by atoms with Crippen molar-refractivity contribution >= 4 is 39.3 Å². The third-order valence-electron chi connectivity index (χ3n) is 6.07. The Morgan fingerprint density at radius 3 is 2.37 bits per heavy atom. The minimum atomic E-state index is -0.996. The number of nitrogens with one attached hydrogen (secondary N) is 1. The van der Waals surface area contributed by atoms with Crippen molar-refractivity contribution < 1.29 is 24.5 Å². The molecule has 0 aliphatic heterocycles. The summed E-state index contributed by atoms with van der Waals surface area (Å²) in [6, 6.07) is 24.3. The quantitative estimate of drug-likeness (QED) is 0.240. The number of hydrogen-bond acceptors (Lipinski definition) is 4. The third kappa shape index (κ3) is 5.61. The maximum atomic E-state index is 13.1. The van der Waals surface area contributed by atoms with Crippen molar-refractivity contribution in [2.75, 3.05) is 5.32 Å². The van der Waals surface area contributed by atoms with Gasteiger partial charge in [-0.05, 0) is 41.7 Å². The first-order chi connectivity index (χ1) is 16.9. The number of aliphatic carboxylic acids is 1. The first-order valence-corrected chi connectivity index (χ1v) is 11.5. The molecule has 0 aliphatic carbocycles. The highest BCUT2D eigenvalue weighted by atomic mass is 16.6. The van der Waals surface area contributed by atoms with Gasteiger partial charge >= 0.3 is 12.1 Å². The van der Waals surface area contributed by atoms with Gasteiger partial charge in [-0.25, -0.2) is 9.59 Å². The maximum absolute atomic E-state index is 13.1. The highest BCUT2D eigenvalue weighted by Gasteiger charge is 2.26. The fraction of sp³-hybridized carbons (Fsp3) is 0.172. The number of amides is 1. The number of carboxylic acids is 1. The minimum Gasteiger partial charge on any atom is -0.507 e. The second-order valence-electron chi connectivity index (χ2n) is 8.49. The number of carbonyl (C=O) groups excluding carboxylic acids is 1. The monoisotopic (exact) mass is 469 g/mol. The molecule has 35 heavy (non-hydrogen) atoms. The van der Waals surface area contributed by atoms with E-state index in [-0.39, 0.29) is 11.7 Å². The van der Waals surface area contributed by atoms with Gasteiger partial charge < -0.3 is 14.9 Å². The van der Waals surface area contributed by atoms with Crippen LogP contribution in [0.3, 0.4) is 0 Å². The Hall–Kier alpha value is -4.32. The number of benzene rings is 4. The van der Waals surface area contributed by atoms with Crippen LogP contribution in [0.25, 0.3) is 21.5 Å². The Balaban J connectivity index is 1.63. The number of allylic oxidation sites excluding steroid dienone is 1. The molecule has 0 aromatic heterocycles. The largest absolute Gasteiger partial charge is 0.507 e. The van der Waals surface area contributed by atoms with Crippen LogP contribution in [-0.4, -0.2) is 22.3 Å². The number of carboxylic acid groups (broad SMARTS) is 1. The van der Waals surface area contributed by atoms with Crippen molar-refractivity contribution in [3.05, 3.63) is 96.6 Å². The third-order valence-corrected chi connectivity index (χ3v) is 6.07. The number of phenolic OH excluding ortho intramolecular Hbond substituents is 1. The fourth-order valence-corrected chi connectivity index (χ4v) is 4.32. The number of ether oxygens (including phenoxy) is 1. The predicted molar refractivity (Wildman–Crippen MR) is 138 cm³/mol. The van der Waals surface area contributed by atoms with Gasteiger partial charge in [0.25, 0.3) is 0 Å². The lowest BCUT2D eigenvalue weighted by molar-refractivity contribution is -0.131. The Morgan fingerprint density at radius 2 is 1.60 bits per heavy atom. The summed E-state index contributed by atoms with van der Waals surface area (Å²) in [5.74, 6) is -0.968. The van der Waals surface area contributed by atoms with Crippen molar-refractivity contribution in [2.45, 2.75) is 25.9 Å². The van der Waals surface area contributed by atoms with Gasteiger partial charge in [0.1, 0.15) is 11.9 Å². The van der Waals surface area contributed by atoms with Gasteiger partial charge in [-0.2, -0.15) is 0 Å². The van der Waals surface area contributed by atoms with E-state index < -0.39 is 18.2 Å². The van der Waals surface area contributed by atoms with E-state index in [4.69, 9.17) is 9.84 Å². The van der Waals surface area contributed by atoms with Gasteiger partial charge in [0.15, 0.2) is 0 Å². The maximum Gasteiger partial charge on any atom is 0.412 e. The number of carbonyl (C=O) groups is 2. The molecule has 0 aliphatic rings. The molecule has 0 radical (unpaired) electrons. The summed E-state index contributed by atoms with van der Waals surface area (Å²) < 4.78 is 6.01. The molecule has 3 N–H and O–H groups in total. The van der Waals surface area contributed by atoms with Crippen LogP contribution in [-0.2, 0) is 9.53 Å². The van der Waals surface area contributed by atoms with Crippen LogP contribution in [0.15, 0.2) is 91.0 Å². The molecule has 178 valence electrons. The van der Waals surface area contributed by atoms with Crippen LogP contribution >= 0.6 is 0 Å². The second kappa shape index (κ2) is 10.7. The molecule has 0 spiro atoms. The molecule has 4 aromatic carbocycles. The van der Waals surface area contributed by atoms with Gasteiger partial charge in [-0.15, -0.1) is 0 Å². The topological polar surface area (TPSA) is 95.9 Å². The summed E-state index contributed by atoms with van der Waals surface area (Å²) in [6.07, 6.45) is 2.64. The van der Waals surface area contributed by atoms with Crippen LogP contribution in [0.1, 0.15) is 31.4 Å². The van der Waals surface area contributed by atoms with Gasteiger partial charge in [0.05, 0.1) is 5.69 Å². The Labute approximate surface area is 203 Å². The predicted octanol–water partition coefficient (Wildman–Crippen LogP) is 7.05. The smallest absolute Gasteiger partial charge is 0.412 e. The summed E-state index contributed by atoms with van der Waals surface area (Å²) in [4.78, 5) is 23.9. The number of fused-ring (bicyclic) bond motifs is 2. The Morgan fingerprint density at radius 1 is 0.914 bits per heavy atom. The molecule has 4 rings (SSSR count). The molecule has 0 heterocycles. The Bertz CT molecular complexity index is 1390. The first kappa shape index (κ1) is 23.8. The molecule has 0 fully saturated rings. The molecule has 1 amide bonds. The molecule has 4 aromatic rings. The molecule has 0 saturated heterocycles. The van der Waals surface area contributed by atoms with Crippen LogP contribution in [0.5, 0.6) is 5.75 Å². The SMILES string of the molecule is C[C@@H](CC/C=C/C(=O)O)[C@H](OC(=O)Nc1cccc2ccccc12)c1ccc(O)c2ccccc12. The van der Waals surface area contributed by atoms with E-state index in [1.54, 1.807) is 18.2 Å². The van der Waals surface area contributed by atoms with E-state index in [1.807, 2.05) is 73.7 Å². The molecular formula is C29H27NO5. The van der Waals surface area contributed by atoms with E-state index in [9.17, 15) is 14.7 Å². The zero-order chi connectivity index (χ0) is 24.8. The lowest BCUT2D eigenvalue weighted by atomic mass is 9.89. The standard InChI is InChI=1S/C29H27NO5/c1-19(9-2-7-16-27(32)33)28(24-17-18-26(31)23-14-6-5-13-22(23)24)35-29(34)30-25-15-8-11-20-10-3-4-12-21(20)25/h3-8,10-19,28,31H,2,9H2,1H3,(H,30,34)(H,32,33)/b16-7+/t19-,28-/m0/s1. The van der Waals surface area contributed by atoms with E-state index in [2.05, 4.69) is 5.32 Å². The first-order valence-electron chi connectivity index (χ1n) is 11.5. The molecule has 2 atom stereocenters. The van der Waals surface area contributed by atoms with Crippen LogP contribution < -0.4 is 5.32 Å². The summed E-state index contributed by atoms with van der Waals surface area (Å²) in [5, 5.41) is 25.4. The summed E-state index contributed by atoms with van der Waals surface area (Å²) in [6.45, 7) is 1.96. The Kier molecular flexibility index (Phi) is 7.31. The van der Waals surface area contributed by atoms with Gasteiger partial charge in [-0.3, -0.25) is 5.32 Å². The van der Waals surface area contributed by atoms with Crippen LogP contribution in [0.4, 0.5) is 10.5 Å². The van der Waals surface area contributed by atoms with Gasteiger partial charge in [0.2, 0.25) is 0 Å². The number of hydrogen-bond donors (Lipinski definition) is 3. The zero-order valence-electron chi connectivity index (χ0n) is 19.3. The van der Waals surface area contributed by atoms with Gasteiger partial charge in [0, 0.05) is 22.4 Å². The normalized spacial score (nSPS) is 13.1. The number of phenols is 1. The average molecular weight is 470 g/mol. The molecule has 0 saturated carbocycles. The van der Waals surface area contributed by atoms with E-state index in [0.717, 1.165) is 27.8 Å². The molecule has 0 unspecified atom stereocenters. The van der Waals surface area contributed by atoms with Crippen LogP contribution in [0.2, 0.25) is 0 Å². The van der Waals surface area contributed by atoms with Crippen molar-refractivity contribution in [3.63, 3.8) is 0 Å². The molecule has 0 bridgehead atoms. The number of aromatic hydroxyl groups is 1. The lowest BCUT2D eigenvalue weighted by Crippen LogP contribution is -2.22. The van der Waals surface area contributed by atoms with E-state index >= 15 is 0 Å². The average Bonchev–Trinajstić information content (AvgIpc) is 2.86. The number of rotatable bonds is 8. The van der Waals surface area contributed by atoms with Crippen molar-refractivity contribution in [1.82, 2.24) is 0 Å². The van der Waals surface area contributed by atoms with Crippen molar-refractivity contribution in [3.8, 4) is 5.75 Å². The van der Waals surface area contributed by atoms with Gasteiger partial charge in [-0.1, -0.05) is 79.7 Å². The highest BCUT2D eigenvalue weighted by Crippen LogP contribution is 2.37. The molecule has 6 heteroatoms. The molecular weight excluding hydrogens is 442 g/mol. The summed E-state index contributed by atoms with van der Waals surface area (Å²) in [7, 11) is 0. The second-order valence-corrected chi connectivity index (χ2v) is 8.49. The molecule has 6 nitrogen and oxygen atoms in total. The summed E-state index contributed by atoms with van der Waals surface area (Å²) in [5.41, 5.74) is 1.43. The van der Waals surface area contributed by atoms with Crippen LogP contribution in [0, 0.1) is 5.92 Å². The highest BCUT2D eigenvalue weighted by molar-refractivity contribution is 6.00. The van der Waals surface area contributed by atoms with Crippen molar-refractivity contribution in [2.24, 2.45) is 5.92 Å². The lowest BCUT2D eigenvalue weighted by Gasteiger charge is -2.26. The minimum absolute atomic E-state index is 0.125. The summed E-state index contributed by atoms with van der Waals surface area (Å²) >= 11 is 0. The van der Waals surface area contributed by atoms with E-state index in [1.165, 1.54) is 0 Å². The van der Waals surface area contributed by atoms with Crippen molar-refractivity contribution in [1.29, 1.82) is 0 Å². The zero-order valence-corrected chi connectivity index (χ0v) is 19.3. The fourth-order valence-electron chi connectivity index (χ4n) is 4.32.